The number of carbonyl (C=O) groups is 1. The molecule has 27 heavy (non-hydrogen) atoms. The van der Waals surface area contributed by atoms with Crippen LogP contribution in [-0.2, 0) is 6.42 Å². The van der Waals surface area contributed by atoms with Crippen LogP contribution in [0.4, 0.5) is 0 Å². The highest BCUT2D eigenvalue weighted by Crippen LogP contribution is 2.25. The number of aryl methyl sites for hydroxylation is 1. The lowest BCUT2D eigenvalue weighted by Crippen LogP contribution is -2.18. The standard InChI is InChI=1S/C22H19BrO4/c1-3-4-16-13-19(14-7-11-18(26-2)12-8-14)27-22(25)20(16)21(24)15-5-9-17(23)10-6-15/h5-13H,3-4H2,1-2H3. The van der Waals surface area contributed by atoms with Gasteiger partial charge in [0, 0.05) is 15.6 Å². The first-order valence-electron chi connectivity index (χ1n) is 8.65. The Morgan fingerprint density at radius 2 is 1.74 bits per heavy atom. The van der Waals surface area contributed by atoms with Crippen molar-refractivity contribution in [2.75, 3.05) is 7.11 Å². The van der Waals surface area contributed by atoms with Crippen molar-refractivity contribution in [1.29, 1.82) is 0 Å². The van der Waals surface area contributed by atoms with Gasteiger partial charge in [-0.3, -0.25) is 4.79 Å². The van der Waals surface area contributed by atoms with Gasteiger partial charge in [0.25, 0.3) is 0 Å². The molecule has 0 amide bonds. The Labute approximate surface area is 165 Å². The zero-order valence-corrected chi connectivity index (χ0v) is 16.7. The van der Waals surface area contributed by atoms with E-state index in [4.69, 9.17) is 9.15 Å². The molecule has 3 aromatic rings. The molecule has 1 heterocycles. The Kier molecular flexibility index (Phi) is 5.91. The van der Waals surface area contributed by atoms with Crippen LogP contribution < -0.4 is 10.4 Å². The Bertz CT molecular complexity index is 1000. The highest BCUT2D eigenvalue weighted by atomic mass is 79.9. The Morgan fingerprint density at radius 1 is 1.07 bits per heavy atom. The molecule has 0 fully saturated rings. The summed E-state index contributed by atoms with van der Waals surface area (Å²) in [5, 5.41) is 0. The number of carbonyl (C=O) groups excluding carboxylic acids is 1. The molecule has 0 aliphatic carbocycles. The van der Waals surface area contributed by atoms with Gasteiger partial charge in [0.1, 0.15) is 17.1 Å². The summed E-state index contributed by atoms with van der Waals surface area (Å²) in [5.41, 5.74) is 1.41. The third-order valence-corrected chi connectivity index (χ3v) is 4.79. The minimum Gasteiger partial charge on any atom is -0.497 e. The summed E-state index contributed by atoms with van der Waals surface area (Å²) in [6, 6.07) is 16.0. The van der Waals surface area contributed by atoms with Gasteiger partial charge in [-0.25, -0.2) is 4.79 Å². The number of halogens is 1. The van der Waals surface area contributed by atoms with Crippen LogP contribution in [0.25, 0.3) is 11.3 Å². The second-order valence-corrected chi connectivity index (χ2v) is 7.03. The second kappa shape index (κ2) is 8.35. The monoisotopic (exact) mass is 426 g/mol. The fourth-order valence-electron chi connectivity index (χ4n) is 2.89. The molecule has 0 radical (unpaired) electrons. The van der Waals surface area contributed by atoms with E-state index in [1.807, 2.05) is 19.1 Å². The molecule has 5 heteroatoms. The van der Waals surface area contributed by atoms with E-state index in [9.17, 15) is 9.59 Å². The largest absolute Gasteiger partial charge is 0.497 e. The summed E-state index contributed by atoms with van der Waals surface area (Å²) < 4.78 is 11.5. The van der Waals surface area contributed by atoms with E-state index >= 15 is 0 Å². The molecule has 0 aliphatic rings. The van der Waals surface area contributed by atoms with Gasteiger partial charge in [-0.2, -0.15) is 0 Å². The van der Waals surface area contributed by atoms with Gasteiger partial charge in [0.15, 0.2) is 0 Å². The van der Waals surface area contributed by atoms with Gasteiger partial charge in [-0.1, -0.05) is 29.3 Å². The molecule has 0 N–H and O–H groups in total. The second-order valence-electron chi connectivity index (χ2n) is 6.11. The van der Waals surface area contributed by atoms with E-state index in [2.05, 4.69) is 15.9 Å². The summed E-state index contributed by atoms with van der Waals surface area (Å²) in [5.74, 6) is 0.844. The van der Waals surface area contributed by atoms with Crippen LogP contribution in [0.1, 0.15) is 34.8 Å². The number of methoxy groups -OCH3 is 1. The number of hydrogen-bond donors (Lipinski definition) is 0. The minimum absolute atomic E-state index is 0.108. The average Bonchev–Trinajstić information content (AvgIpc) is 2.68. The lowest BCUT2D eigenvalue weighted by molar-refractivity contribution is 0.103. The Balaban J connectivity index is 2.07. The van der Waals surface area contributed by atoms with E-state index < -0.39 is 5.63 Å². The quantitative estimate of drug-likeness (QED) is 0.504. The molecule has 4 nitrogen and oxygen atoms in total. The molecule has 0 saturated carbocycles. The van der Waals surface area contributed by atoms with Crippen LogP contribution in [-0.4, -0.2) is 12.9 Å². The van der Waals surface area contributed by atoms with Gasteiger partial charge in [-0.15, -0.1) is 0 Å². The van der Waals surface area contributed by atoms with Crippen LogP contribution in [0.3, 0.4) is 0 Å². The molecule has 0 unspecified atom stereocenters. The molecule has 0 spiro atoms. The van der Waals surface area contributed by atoms with Crippen molar-refractivity contribution < 1.29 is 13.9 Å². The predicted molar refractivity (Wildman–Crippen MR) is 109 cm³/mol. The zero-order valence-electron chi connectivity index (χ0n) is 15.1. The van der Waals surface area contributed by atoms with Crippen molar-refractivity contribution >= 4 is 21.7 Å². The number of benzene rings is 2. The third kappa shape index (κ3) is 4.19. The number of rotatable bonds is 6. The minimum atomic E-state index is -0.611. The maximum Gasteiger partial charge on any atom is 0.347 e. The van der Waals surface area contributed by atoms with Crippen molar-refractivity contribution in [2.45, 2.75) is 19.8 Å². The van der Waals surface area contributed by atoms with Crippen LogP contribution >= 0.6 is 15.9 Å². The van der Waals surface area contributed by atoms with Crippen LogP contribution in [0.15, 0.2) is 68.3 Å². The SMILES string of the molecule is CCCc1cc(-c2ccc(OC)cc2)oc(=O)c1C(=O)c1ccc(Br)cc1. The lowest BCUT2D eigenvalue weighted by atomic mass is 9.96. The molecule has 0 bridgehead atoms. The van der Waals surface area contributed by atoms with Gasteiger partial charge in [0.2, 0.25) is 5.78 Å². The highest BCUT2D eigenvalue weighted by Gasteiger charge is 2.20. The van der Waals surface area contributed by atoms with Crippen molar-refractivity contribution in [2.24, 2.45) is 0 Å². The van der Waals surface area contributed by atoms with E-state index in [0.29, 0.717) is 23.3 Å². The molecular weight excluding hydrogens is 408 g/mol. The fraction of sp³-hybridized carbons (Fsp3) is 0.182. The van der Waals surface area contributed by atoms with Crippen LogP contribution in [0.5, 0.6) is 5.75 Å². The maximum absolute atomic E-state index is 12.9. The van der Waals surface area contributed by atoms with Gasteiger partial charge < -0.3 is 9.15 Å². The number of hydrogen-bond acceptors (Lipinski definition) is 4. The van der Waals surface area contributed by atoms with E-state index in [-0.39, 0.29) is 11.3 Å². The lowest BCUT2D eigenvalue weighted by Gasteiger charge is -2.10. The van der Waals surface area contributed by atoms with Gasteiger partial charge in [0.05, 0.1) is 7.11 Å². The van der Waals surface area contributed by atoms with Gasteiger partial charge in [-0.05, 0) is 66.6 Å². The molecular formula is C22H19BrO4. The predicted octanol–water partition coefficient (Wildman–Crippen LogP) is 5.26. The van der Waals surface area contributed by atoms with E-state index in [1.54, 1.807) is 49.6 Å². The third-order valence-electron chi connectivity index (χ3n) is 4.26. The normalized spacial score (nSPS) is 10.6. The van der Waals surface area contributed by atoms with Crippen molar-refractivity contribution in [3.05, 3.63) is 86.2 Å². The molecule has 0 atom stereocenters. The summed E-state index contributed by atoms with van der Waals surface area (Å²) >= 11 is 3.35. The average molecular weight is 427 g/mol. The molecule has 0 aliphatic heterocycles. The zero-order chi connectivity index (χ0) is 19.4. The number of ether oxygens (including phenoxy) is 1. The van der Waals surface area contributed by atoms with Crippen LogP contribution in [0, 0.1) is 0 Å². The Hall–Kier alpha value is -2.66. The van der Waals surface area contributed by atoms with Crippen LogP contribution in [0.2, 0.25) is 0 Å². The summed E-state index contributed by atoms with van der Waals surface area (Å²) in [7, 11) is 1.59. The molecule has 138 valence electrons. The smallest absolute Gasteiger partial charge is 0.347 e. The summed E-state index contributed by atoms with van der Waals surface area (Å²) in [6.45, 7) is 2.01. The first kappa shape index (κ1) is 19.1. The summed E-state index contributed by atoms with van der Waals surface area (Å²) in [6.07, 6.45) is 1.43. The molecule has 2 aromatic carbocycles. The van der Waals surface area contributed by atoms with Gasteiger partial charge >= 0.3 is 5.63 Å². The van der Waals surface area contributed by atoms with E-state index in [0.717, 1.165) is 22.2 Å². The first-order chi connectivity index (χ1) is 13.0. The van der Waals surface area contributed by atoms with E-state index in [1.165, 1.54) is 0 Å². The number of ketones is 1. The molecule has 3 rings (SSSR count). The first-order valence-corrected chi connectivity index (χ1v) is 9.44. The topological polar surface area (TPSA) is 56.5 Å². The van der Waals surface area contributed by atoms with Crippen molar-refractivity contribution in [1.82, 2.24) is 0 Å². The summed E-state index contributed by atoms with van der Waals surface area (Å²) in [4.78, 5) is 25.6. The maximum atomic E-state index is 12.9. The fourth-order valence-corrected chi connectivity index (χ4v) is 3.15. The Morgan fingerprint density at radius 3 is 2.33 bits per heavy atom. The van der Waals surface area contributed by atoms with Crippen molar-refractivity contribution in [3.63, 3.8) is 0 Å². The highest BCUT2D eigenvalue weighted by molar-refractivity contribution is 9.10. The molecule has 1 aromatic heterocycles. The molecule has 0 saturated heterocycles. The van der Waals surface area contributed by atoms with Crippen molar-refractivity contribution in [3.8, 4) is 17.1 Å².